The Bertz CT molecular complexity index is 37.1. The third-order valence-electron chi connectivity index (χ3n) is 0.676. The summed E-state index contributed by atoms with van der Waals surface area (Å²) < 4.78 is 0. The van der Waals surface area contributed by atoms with Crippen LogP contribution in [0.1, 0.15) is 26.2 Å². The molecule has 0 unspecified atom stereocenters. The molecule has 0 fully saturated rings. The Morgan fingerprint density at radius 3 is 2.29 bits per heavy atom. The summed E-state index contributed by atoms with van der Waals surface area (Å²) in [6.45, 7) is 2.07. The van der Waals surface area contributed by atoms with Gasteiger partial charge in [0, 0.05) is 26.2 Å². The van der Waals surface area contributed by atoms with Crippen molar-refractivity contribution in [1.29, 1.82) is 0 Å². The maximum Gasteiger partial charge on any atom is 0.119 e. The van der Waals surface area contributed by atoms with Gasteiger partial charge in [-0.1, -0.05) is 13.3 Å². The SMILES string of the molecule is CCCCC=O.[Os]. The van der Waals surface area contributed by atoms with Crippen LogP contribution in [0.15, 0.2) is 0 Å². The standard InChI is InChI=1S/C5H10O.Os/c1-2-3-4-5-6;/h5H,2-4H2,1H3;. The van der Waals surface area contributed by atoms with Crippen molar-refractivity contribution in [2.75, 3.05) is 0 Å². The summed E-state index contributed by atoms with van der Waals surface area (Å²) in [6.07, 6.45) is 3.86. The molecule has 0 N–H and O–H groups in total. The molecule has 0 aromatic carbocycles. The zero-order valence-corrected chi connectivity index (χ0v) is 7.00. The molecule has 0 spiro atoms. The molecule has 7 heavy (non-hydrogen) atoms. The molecule has 0 amide bonds. The van der Waals surface area contributed by atoms with Crippen molar-refractivity contribution in [3.63, 3.8) is 0 Å². The minimum absolute atomic E-state index is 0. The maximum absolute atomic E-state index is 9.56. The van der Waals surface area contributed by atoms with Crippen LogP contribution in [0.3, 0.4) is 0 Å². The van der Waals surface area contributed by atoms with Crippen molar-refractivity contribution in [3.05, 3.63) is 0 Å². The fraction of sp³-hybridized carbons (Fsp3) is 0.800. The van der Waals surface area contributed by atoms with Crippen molar-refractivity contribution in [3.8, 4) is 0 Å². The van der Waals surface area contributed by atoms with E-state index in [4.69, 9.17) is 0 Å². The molecule has 44 valence electrons. The normalized spacial score (nSPS) is 7.00. The minimum Gasteiger partial charge on any atom is -0.303 e. The Morgan fingerprint density at radius 1 is 1.57 bits per heavy atom. The molecule has 0 aliphatic heterocycles. The number of carbonyl (C=O) groups excluding carboxylic acids is 1. The van der Waals surface area contributed by atoms with E-state index in [1.165, 1.54) is 0 Å². The van der Waals surface area contributed by atoms with Crippen LogP contribution in [-0.2, 0) is 24.6 Å². The van der Waals surface area contributed by atoms with Gasteiger partial charge in [0.2, 0.25) is 0 Å². The zero-order chi connectivity index (χ0) is 4.83. The molecule has 0 heterocycles. The second-order valence-corrected chi connectivity index (χ2v) is 1.31. The summed E-state index contributed by atoms with van der Waals surface area (Å²) in [7, 11) is 0. The first-order chi connectivity index (χ1) is 2.91. The van der Waals surface area contributed by atoms with Gasteiger partial charge in [0.15, 0.2) is 0 Å². The summed E-state index contributed by atoms with van der Waals surface area (Å²) in [5, 5.41) is 0. The third kappa shape index (κ3) is 10.7. The summed E-state index contributed by atoms with van der Waals surface area (Å²) >= 11 is 0. The van der Waals surface area contributed by atoms with Gasteiger partial charge in [-0.05, 0) is 6.42 Å². The molecule has 2 heteroatoms. The molecule has 0 bridgehead atoms. The fourth-order valence-corrected chi connectivity index (χ4v) is 0.287. The molecule has 0 saturated heterocycles. The average Bonchev–Trinajstić information content (AvgIpc) is 1.61. The molecule has 0 saturated carbocycles. The molecule has 0 aliphatic rings. The van der Waals surface area contributed by atoms with Crippen molar-refractivity contribution in [1.82, 2.24) is 0 Å². The fourth-order valence-electron chi connectivity index (χ4n) is 0.287. The van der Waals surface area contributed by atoms with Gasteiger partial charge < -0.3 is 4.79 Å². The van der Waals surface area contributed by atoms with E-state index in [0.717, 1.165) is 25.5 Å². The Kier molecular flexibility index (Phi) is 14.1. The zero-order valence-electron chi connectivity index (χ0n) is 4.46. The van der Waals surface area contributed by atoms with Gasteiger partial charge in [-0.3, -0.25) is 0 Å². The Morgan fingerprint density at radius 2 is 2.14 bits per heavy atom. The second kappa shape index (κ2) is 9.58. The second-order valence-electron chi connectivity index (χ2n) is 1.31. The molecule has 0 rings (SSSR count). The topological polar surface area (TPSA) is 17.1 Å². The van der Waals surface area contributed by atoms with Gasteiger partial charge in [0.05, 0.1) is 0 Å². The molecule has 0 aromatic heterocycles. The predicted molar refractivity (Wildman–Crippen MR) is 25.6 cm³/mol. The van der Waals surface area contributed by atoms with E-state index in [1.807, 2.05) is 0 Å². The van der Waals surface area contributed by atoms with Gasteiger partial charge in [0.25, 0.3) is 0 Å². The Balaban J connectivity index is 0. The number of hydrogen-bond acceptors (Lipinski definition) is 1. The van der Waals surface area contributed by atoms with Crippen LogP contribution in [-0.4, -0.2) is 6.29 Å². The van der Waals surface area contributed by atoms with E-state index in [0.29, 0.717) is 0 Å². The smallest absolute Gasteiger partial charge is 0.119 e. The predicted octanol–water partition coefficient (Wildman–Crippen LogP) is 1.37. The summed E-state index contributed by atoms with van der Waals surface area (Å²) in [6, 6.07) is 0. The summed E-state index contributed by atoms with van der Waals surface area (Å²) in [4.78, 5) is 9.56. The van der Waals surface area contributed by atoms with E-state index in [9.17, 15) is 4.79 Å². The number of hydrogen-bond donors (Lipinski definition) is 0. The van der Waals surface area contributed by atoms with Crippen molar-refractivity contribution in [2.45, 2.75) is 26.2 Å². The largest absolute Gasteiger partial charge is 0.303 e. The van der Waals surface area contributed by atoms with Crippen molar-refractivity contribution < 1.29 is 24.6 Å². The number of aldehydes is 1. The van der Waals surface area contributed by atoms with Crippen LogP contribution in [0.2, 0.25) is 0 Å². The van der Waals surface area contributed by atoms with Crippen LogP contribution in [0, 0.1) is 0 Å². The van der Waals surface area contributed by atoms with Crippen LogP contribution < -0.4 is 0 Å². The molecule has 0 aromatic rings. The molecule has 1 nitrogen and oxygen atoms in total. The van der Waals surface area contributed by atoms with E-state index in [1.54, 1.807) is 0 Å². The molecular formula is C5H10OOs. The molecule has 0 atom stereocenters. The molecular weight excluding hydrogens is 266 g/mol. The summed E-state index contributed by atoms with van der Waals surface area (Å²) in [5.74, 6) is 0. The summed E-state index contributed by atoms with van der Waals surface area (Å²) in [5.41, 5.74) is 0. The first-order valence-corrected chi connectivity index (χ1v) is 2.35. The van der Waals surface area contributed by atoms with Gasteiger partial charge in [-0.2, -0.15) is 0 Å². The van der Waals surface area contributed by atoms with Gasteiger partial charge in [0.1, 0.15) is 6.29 Å². The van der Waals surface area contributed by atoms with E-state index >= 15 is 0 Å². The van der Waals surface area contributed by atoms with E-state index in [-0.39, 0.29) is 19.8 Å². The van der Waals surface area contributed by atoms with E-state index in [2.05, 4.69) is 6.92 Å². The van der Waals surface area contributed by atoms with Crippen LogP contribution in [0.4, 0.5) is 0 Å². The van der Waals surface area contributed by atoms with Crippen LogP contribution >= 0.6 is 0 Å². The number of unbranched alkanes of at least 4 members (excludes halogenated alkanes) is 2. The van der Waals surface area contributed by atoms with Crippen molar-refractivity contribution >= 4 is 6.29 Å². The maximum atomic E-state index is 9.56. The monoisotopic (exact) mass is 278 g/mol. The first-order valence-electron chi connectivity index (χ1n) is 2.35. The number of rotatable bonds is 3. The number of carbonyl (C=O) groups is 1. The quantitative estimate of drug-likeness (QED) is 0.562. The first kappa shape index (κ1) is 10.3. The molecule has 0 radical (unpaired) electrons. The Labute approximate surface area is 57.5 Å². The van der Waals surface area contributed by atoms with Gasteiger partial charge in [-0.25, -0.2) is 0 Å². The van der Waals surface area contributed by atoms with Crippen LogP contribution in [0.5, 0.6) is 0 Å². The van der Waals surface area contributed by atoms with Crippen molar-refractivity contribution in [2.24, 2.45) is 0 Å². The van der Waals surface area contributed by atoms with Crippen LogP contribution in [0.25, 0.3) is 0 Å². The minimum atomic E-state index is 0. The van der Waals surface area contributed by atoms with E-state index < -0.39 is 0 Å². The van der Waals surface area contributed by atoms with Gasteiger partial charge in [-0.15, -0.1) is 0 Å². The average molecular weight is 276 g/mol. The third-order valence-corrected chi connectivity index (χ3v) is 0.676. The molecule has 0 aliphatic carbocycles. The Hall–Kier alpha value is 0.306. The van der Waals surface area contributed by atoms with Gasteiger partial charge >= 0.3 is 0 Å².